The van der Waals surface area contributed by atoms with Gasteiger partial charge in [-0.1, -0.05) is 30.3 Å². The van der Waals surface area contributed by atoms with Gasteiger partial charge in [-0.2, -0.15) is 13.2 Å². The Bertz CT molecular complexity index is 1370. The average Bonchev–Trinajstić information content (AvgIpc) is 2.94. The second kappa shape index (κ2) is 11.0. The molecule has 1 N–H and O–H groups in total. The molecule has 1 fully saturated rings. The Morgan fingerprint density at radius 3 is 2.24 bits per heavy atom. The summed E-state index contributed by atoms with van der Waals surface area (Å²) >= 11 is 0. The molecule has 6 nitrogen and oxygen atoms in total. The smallest absolute Gasteiger partial charge is 0.369 e. The third-order valence-electron chi connectivity index (χ3n) is 6.56. The molecule has 0 unspecified atom stereocenters. The summed E-state index contributed by atoms with van der Waals surface area (Å²) in [7, 11) is 0. The van der Waals surface area contributed by atoms with Gasteiger partial charge in [0.2, 0.25) is 0 Å². The second-order valence-corrected chi connectivity index (χ2v) is 9.08. The van der Waals surface area contributed by atoms with Gasteiger partial charge in [-0.05, 0) is 53.6 Å². The van der Waals surface area contributed by atoms with Crippen LogP contribution in [0.3, 0.4) is 0 Å². The van der Waals surface area contributed by atoms with E-state index >= 15 is 0 Å². The number of carbonyl (C=O) groups excluding carboxylic acids is 1. The molecule has 0 saturated carbocycles. The molecule has 1 aliphatic rings. The Kier molecular flexibility index (Phi) is 7.37. The van der Waals surface area contributed by atoms with Gasteiger partial charge in [-0.3, -0.25) is 19.7 Å². The molecule has 0 aliphatic carbocycles. The van der Waals surface area contributed by atoms with Gasteiger partial charge in [0.15, 0.2) is 0 Å². The molecule has 2 heterocycles. The zero-order valence-electron chi connectivity index (χ0n) is 20.5. The van der Waals surface area contributed by atoms with Crippen molar-refractivity contribution in [2.24, 2.45) is 0 Å². The highest BCUT2D eigenvalue weighted by Gasteiger charge is 2.30. The van der Waals surface area contributed by atoms with Crippen LogP contribution in [-0.4, -0.2) is 47.0 Å². The number of hydrogen-bond acceptors (Lipinski definition) is 5. The summed E-state index contributed by atoms with van der Waals surface area (Å²) in [5.41, 5.74) is 3.44. The van der Waals surface area contributed by atoms with Gasteiger partial charge in [-0.15, -0.1) is 0 Å². The monoisotopic (exact) mass is 517 g/mol. The number of benzene rings is 3. The van der Waals surface area contributed by atoms with Gasteiger partial charge < -0.3 is 10.2 Å². The lowest BCUT2D eigenvalue weighted by Gasteiger charge is -2.36. The third kappa shape index (κ3) is 6.00. The summed E-state index contributed by atoms with van der Waals surface area (Å²) in [6, 6.07) is 19.4. The molecule has 9 heteroatoms. The van der Waals surface area contributed by atoms with Crippen molar-refractivity contribution in [1.29, 1.82) is 0 Å². The summed E-state index contributed by atoms with van der Waals surface area (Å²) < 4.78 is 38.8. The van der Waals surface area contributed by atoms with E-state index in [0.29, 0.717) is 22.4 Å². The number of piperazine rings is 1. The maximum absolute atomic E-state index is 13.1. The predicted octanol–water partition coefficient (Wildman–Crippen LogP) is 5.74. The summed E-state index contributed by atoms with van der Waals surface area (Å²) in [5.74, 6) is -0.328. The van der Waals surface area contributed by atoms with E-state index in [1.165, 1.54) is 12.1 Å². The van der Waals surface area contributed by atoms with Gasteiger partial charge in [-0.25, -0.2) is 0 Å². The number of anilines is 2. The molecule has 0 bridgehead atoms. The van der Waals surface area contributed by atoms with E-state index in [4.69, 9.17) is 0 Å². The van der Waals surface area contributed by atoms with E-state index in [9.17, 15) is 18.0 Å². The molecule has 1 aromatic heterocycles. The van der Waals surface area contributed by atoms with E-state index in [2.05, 4.69) is 25.1 Å². The number of aromatic nitrogens is 2. The predicted molar refractivity (Wildman–Crippen MR) is 141 cm³/mol. The fraction of sp³-hybridized carbons (Fsp3) is 0.207. The Labute approximate surface area is 218 Å². The van der Waals surface area contributed by atoms with Gasteiger partial charge in [0, 0.05) is 68.3 Å². The number of nitrogens with zero attached hydrogens (tertiary/aromatic N) is 4. The normalized spacial score (nSPS) is 14.3. The Balaban J connectivity index is 1.21. The number of amides is 1. The van der Waals surface area contributed by atoms with E-state index in [0.717, 1.165) is 56.2 Å². The fourth-order valence-electron chi connectivity index (χ4n) is 4.53. The number of nitrogens with one attached hydrogen (secondary N) is 1. The lowest BCUT2D eigenvalue weighted by molar-refractivity contribution is -0.137. The fourth-order valence-corrected chi connectivity index (χ4v) is 4.53. The molecule has 1 aliphatic heterocycles. The summed E-state index contributed by atoms with van der Waals surface area (Å²) in [4.78, 5) is 26.2. The average molecular weight is 518 g/mol. The number of rotatable bonds is 6. The first-order chi connectivity index (χ1) is 18.4. The van der Waals surface area contributed by atoms with E-state index in [1.807, 2.05) is 24.3 Å². The number of alkyl halides is 3. The molecule has 0 radical (unpaired) electrons. The van der Waals surface area contributed by atoms with Crippen molar-refractivity contribution in [2.45, 2.75) is 12.7 Å². The van der Waals surface area contributed by atoms with Crippen LogP contribution in [0.4, 0.5) is 24.5 Å². The van der Waals surface area contributed by atoms with Crippen LogP contribution in [0.25, 0.3) is 11.1 Å². The maximum Gasteiger partial charge on any atom is 0.416 e. The molecule has 1 amide bonds. The molecule has 38 heavy (non-hydrogen) atoms. The minimum atomic E-state index is -4.41. The summed E-state index contributed by atoms with van der Waals surface area (Å²) in [5, 5.41) is 2.91. The first-order valence-electron chi connectivity index (χ1n) is 12.3. The molecular weight excluding hydrogens is 491 g/mol. The topological polar surface area (TPSA) is 61.4 Å². The van der Waals surface area contributed by atoms with E-state index < -0.39 is 11.7 Å². The van der Waals surface area contributed by atoms with Crippen LogP contribution in [0.15, 0.2) is 91.4 Å². The van der Waals surface area contributed by atoms with Crippen LogP contribution in [0.5, 0.6) is 0 Å². The molecule has 3 aromatic carbocycles. The zero-order valence-corrected chi connectivity index (χ0v) is 20.5. The zero-order chi connectivity index (χ0) is 26.5. The van der Waals surface area contributed by atoms with Crippen molar-refractivity contribution in [3.63, 3.8) is 0 Å². The third-order valence-corrected chi connectivity index (χ3v) is 6.56. The van der Waals surface area contributed by atoms with Gasteiger partial charge in [0.05, 0.1) is 11.3 Å². The van der Waals surface area contributed by atoms with Crippen molar-refractivity contribution in [3.05, 3.63) is 108 Å². The minimum Gasteiger partial charge on any atom is -0.369 e. The van der Waals surface area contributed by atoms with Crippen LogP contribution < -0.4 is 10.2 Å². The quantitative estimate of drug-likeness (QED) is 0.354. The van der Waals surface area contributed by atoms with Crippen molar-refractivity contribution >= 4 is 17.3 Å². The van der Waals surface area contributed by atoms with Crippen LogP contribution >= 0.6 is 0 Å². The molecular formula is C29H26F3N5O. The van der Waals surface area contributed by atoms with Gasteiger partial charge >= 0.3 is 6.18 Å². The largest absolute Gasteiger partial charge is 0.416 e. The SMILES string of the molecule is O=C(Nc1ccc(N2CCN(Cc3cnccn3)CC2)cc1)c1ccccc1-c1ccc(C(F)(F)F)cc1. The second-order valence-electron chi connectivity index (χ2n) is 9.08. The molecule has 4 aromatic rings. The first kappa shape index (κ1) is 25.4. The highest BCUT2D eigenvalue weighted by atomic mass is 19.4. The molecule has 194 valence electrons. The molecule has 0 spiro atoms. The Morgan fingerprint density at radius 1 is 0.868 bits per heavy atom. The lowest BCUT2D eigenvalue weighted by atomic mass is 9.98. The van der Waals surface area contributed by atoms with Crippen LogP contribution in [0.1, 0.15) is 21.6 Å². The van der Waals surface area contributed by atoms with E-state index in [1.54, 1.807) is 42.9 Å². The van der Waals surface area contributed by atoms with Crippen molar-refractivity contribution in [3.8, 4) is 11.1 Å². The van der Waals surface area contributed by atoms with E-state index in [-0.39, 0.29) is 5.91 Å². The van der Waals surface area contributed by atoms with Crippen molar-refractivity contribution in [2.75, 3.05) is 36.4 Å². The Hall–Kier alpha value is -4.24. The molecule has 0 atom stereocenters. The van der Waals surface area contributed by atoms with Crippen LogP contribution in [0.2, 0.25) is 0 Å². The number of halogens is 3. The van der Waals surface area contributed by atoms with Crippen molar-refractivity contribution < 1.29 is 18.0 Å². The summed E-state index contributed by atoms with van der Waals surface area (Å²) in [6.07, 6.45) is 0.763. The standard InChI is InChI=1S/C29H26F3N5O/c30-29(31,32)22-7-5-21(6-8-22)26-3-1-2-4-27(26)28(38)35-23-9-11-25(12-10-23)37-17-15-36(16-18-37)20-24-19-33-13-14-34-24/h1-14,19H,15-18,20H2,(H,35,38). The lowest BCUT2D eigenvalue weighted by Crippen LogP contribution is -2.46. The van der Waals surface area contributed by atoms with Crippen molar-refractivity contribution in [1.82, 2.24) is 14.9 Å². The minimum absolute atomic E-state index is 0.328. The van der Waals surface area contributed by atoms with Gasteiger partial charge in [0.25, 0.3) is 5.91 Å². The molecule has 1 saturated heterocycles. The van der Waals surface area contributed by atoms with Gasteiger partial charge in [0.1, 0.15) is 0 Å². The molecule has 5 rings (SSSR count). The first-order valence-corrected chi connectivity index (χ1v) is 12.3. The highest BCUT2D eigenvalue weighted by Crippen LogP contribution is 2.32. The highest BCUT2D eigenvalue weighted by molar-refractivity contribution is 6.08. The summed E-state index contributed by atoms with van der Waals surface area (Å²) in [6.45, 7) is 4.37. The van der Waals surface area contributed by atoms with Crippen LogP contribution in [0, 0.1) is 0 Å². The number of carbonyl (C=O) groups is 1. The maximum atomic E-state index is 13.1. The van der Waals surface area contributed by atoms with Crippen LogP contribution in [-0.2, 0) is 12.7 Å². The Morgan fingerprint density at radius 2 is 1.58 bits per heavy atom. The number of hydrogen-bond donors (Lipinski definition) is 1.